The zero-order chi connectivity index (χ0) is 16.3. The molecule has 0 aromatic carbocycles. The summed E-state index contributed by atoms with van der Waals surface area (Å²) in [6.45, 7) is 8.97. The maximum atomic E-state index is 12.6. The van der Waals surface area contributed by atoms with Crippen molar-refractivity contribution in [2.45, 2.75) is 78.7 Å². The van der Waals surface area contributed by atoms with Gasteiger partial charge in [0, 0.05) is 5.41 Å². The SMILES string of the molecule is CC(=O)C(C)(C)C(=O)OC(C)(C)C12CC3CC(CC(C3)C1)C2. The molecular weight excluding hydrogens is 276 g/mol. The molecule has 0 N–H and O–H groups in total. The molecule has 4 aliphatic carbocycles. The van der Waals surface area contributed by atoms with Crippen molar-refractivity contribution in [3.8, 4) is 0 Å². The molecule has 0 spiro atoms. The summed E-state index contributed by atoms with van der Waals surface area (Å²) in [4.78, 5) is 24.3. The molecule has 4 rings (SSSR count). The van der Waals surface area contributed by atoms with Gasteiger partial charge in [0.2, 0.25) is 0 Å². The molecule has 0 unspecified atom stereocenters. The van der Waals surface area contributed by atoms with E-state index in [1.807, 2.05) is 0 Å². The van der Waals surface area contributed by atoms with Crippen molar-refractivity contribution in [2.75, 3.05) is 0 Å². The molecule has 0 aliphatic heterocycles. The maximum Gasteiger partial charge on any atom is 0.319 e. The van der Waals surface area contributed by atoms with E-state index < -0.39 is 11.0 Å². The topological polar surface area (TPSA) is 43.4 Å². The Morgan fingerprint density at radius 3 is 1.68 bits per heavy atom. The first-order valence-electron chi connectivity index (χ1n) is 8.80. The highest BCUT2D eigenvalue weighted by atomic mass is 16.6. The zero-order valence-electron chi connectivity index (χ0n) is 14.7. The fourth-order valence-electron chi connectivity index (χ4n) is 5.46. The molecule has 0 aromatic rings. The molecular formula is C19H30O3. The third-order valence-corrected chi connectivity index (χ3v) is 7.05. The Hall–Kier alpha value is -0.860. The number of carbonyl (C=O) groups is 2. The van der Waals surface area contributed by atoms with Gasteiger partial charge in [0.15, 0.2) is 0 Å². The summed E-state index contributed by atoms with van der Waals surface area (Å²) in [5.41, 5.74) is -1.39. The van der Waals surface area contributed by atoms with E-state index in [0.717, 1.165) is 17.8 Å². The molecule has 0 heterocycles. The van der Waals surface area contributed by atoms with Crippen LogP contribution in [0.5, 0.6) is 0 Å². The number of hydrogen-bond donors (Lipinski definition) is 0. The van der Waals surface area contributed by atoms with Crippen LogP contribution in [-0.4, -0.2) is 17.4 Å². The van der Waals surface area contributed by atoms with E-state index in [1.165, 1.54) is 45.4 Å². The molecule has 4 fully saturated rings. The van der Waals surface area contributed by atoms with Gasteiger partial charge in [-0.3, -0.25) is 9.59 Å². The van der Waals surface area contributed by atoms with E-state index in [-0.39, 0.29) is 17.2 Å². The van der Waals surface area contributed by atoms with Gasteiger partial charge in [0.25, 0.3) is 0 Å². The van der Waals surface area contributed by atoms with Crippen molar-refractivity contribution in [3.05, 3.63) is 0 Å². The Morgan fingerprint density at radius 2 is 1.32 bits per heavy atom. The van der Waals surface area contributed by atoms with Crippen LogP contribution < -0.4 is 0 Å². The summed E-state index contributed by atoms with van der Waals surface area (Å²) in [5, 5.41) is 0. The van der Waals surface area contributed by atoms with Gasteiger partial charge < -0.3 is 4.74 Å². The molecule has 0 atom stereocenters. The van der Waals surface area contributed by atoms with Gasteiger partial charge in [-0.05, 0) is 90.9 Å². The second-order valence-electron chi connectivity index (χ2n) is 9.28. The quantitative estimate of drug-likeness (QED) is 0.579. The first-order chi connectivity index (χ1) is 10.1. The smallest absolute Gasteiger partial charge is 0.319 e. The van der Waals surface area contributed by atoms with Crippen molar-refractivity contribution in [1.82, 2.24) is 0 Å². The largest absolute Gasteiger partial charge is 0.458 e. The van der Waals surface area contributed by atoms with Crippen molar-refractivity contribution in [1.29, 1.82) is 0 Å². The van der Waals surface area contributed by atoms with E-state index in [0.29, 0.717) is 0 Å². The van der Waals surface area contributed by atoms with E-state index in [9.17, 15) is 9.59 Å². The van der Waals surface area contributed by atoms with Gasteiger partial charge in [0.05, 0.1) is 0 Å². The van der Waals surface area contributed by atoms with Gasteiger partial charge in [-0.25, -0.2) is 0 Å². The van der Waals surface area contributed by atoms with Crippen LogP contribution in [-0.2, 0) is 14.3 Å². The minimum atomic E-state index is -1.04. The standard InChI is InChI=1S/C19H30O3/c1-12(20)17(2,3)16(21)22-18(4,5)19-9-13-6-14(10-19)8-15(7-13)11-19/h13-15H,6-11H2,1-5H3. The summed E-state index contributed by atoms with van der Waals surface area (Å²) in [6, 6.07) is 0. The Labute approximate surface area is 134 Å². The van der Waals surface area contributed by atoms with Crippen LogP contribution in [0.15, 0.2) is 0 Å². The lowest BCUT2D eigenvalue weighted by atomic mass is 9.46. The number of ether oxygens (including phenoxy) is 1. The first-order valence-corrected chi connectivity index (χ1v) is 8.80. The van der Waals surface area contributed by atoms with Crippen molar-refractivity contribution in [3.63, 3.8) is 0 Å². The number of rotatable bonds is 4. The lowest BCUT2D eigenvalue weighted by molar-refractivity contribution is -0.205. The Balaban J connectivity index is 1.81. The molecule has 22 heavy (non-hydrogen) atoms. The highest BCUT2D eigenvalue weighted by Crippen LogP contribution is 2.64. The summed E-state index contributed by atoms with van der Waals surface area (Å²) in [6.07, 6.45) is 7.71. The van der Waals surface area contributed by atoms with Gasteiger partial charge in [0.1, 0.15) is 16.8 Å². The Kier molecular flexibility index (Phi) is 3.51. The van der Waals surface area contributed by atoms with E-state index in [1.54, 1.807) is 13.8 Å². The lowest BCUT2D eigenvalue weighted by Crippen LogP contribution is -2.58. The van der Waals surface area contributed by atoms with Crippen LogP contribution >= 0.6 is 0 Å². The average molecular weight is 306 g/mol. The molecule has 3 nitrogen and oxygen atoms in total. The second-order valence-corrected chi connectivity index (χ2v) is 9.28. The molecule has 4 saturated carbocycles. The van der Waals surface area contributed by atoms with Crippen LogP contribution in [0.1, 0.15) is 73.1 Å². The Morgan fingerprint density at radius 1 is 0.909 bits per heavy atom. The van der Waals surface area contributed by atoms with Crippen LogP contribution in [0.25, 0.3) is 0 Å². The molecule has 0 amide bonds. The van der Waals surface area contributed by atoms with E-state index in [4.69, 9.17) is 4.74 Å². The number of ketones is 1. The van der Waals surface area contributed by atoms with Gasteiger partial charge in [-0.2, -0.15) is 0 Å². The fraction of sp³-hybridized carbons (Fsp3) is 0.895. The fourth-order valence-corrected chi connectivity index (χ4v) is 5.46. The molecule has 4 bridgehead atoms. The second kappa shape index (κ2) is 4.82. The van der Waals surface area contributed by atoms with Crippen molar-refractivity contribution >= 4 is 11.8 Å². The minimum Gasteiger partial charge on any atom is -0.458 e. The molecule has 0 aromatic heterocycles. The third kappa shape index (κ3) is 2.32. The minimum absolute atomic E-state index is 0.126. The lowest BCUT2D eigenvalue weighted by Gasteiger charge is -2.61. The normalized spacial score (nSPS) is 37.2. The van der Waals surface area contributed by atoms with Crippen LogP contribution in [0, 0.1) is 28.6 Å². The van der Waals surface area contributed by atoms with Gasteiger partial charge >= 0.3 is 5.97 Å². The van der Waals surface area contributed by atoms with Gasteiger partial charge in [-0.1, -0.05) is 0 Å². The molecule has 124 valence electrons. The summed E-state index contributed by atoms with van der Waals surface area (Å²) < 4.78 is 5.99. The molecule has 0 radical (unpaired) electrons. The first kappa shape index (κ1) is 16.0. The highest BCUT2D eigenvalue weighted by Gasteiger charge is 2.59. The Bertz CT molecular complexity index is 466. The predicted octanol–water partition coefficient (Wildman–Crippen LogP) is 4.14. The third-order valence-electron chi connectivity index (χ3n) is 7.05. The monoisotopic (exact) mass is 306 g/mol. The number of hydrogen-bond acceptors (Lipinski definition) is 3. The maximum absolute atomic E-state index is 12.6. The average Bonchev–Trinajstić information content (AvgIpc) is 2.35. The number of esters is 1. The molecule has 4 aliphatic rings. The number of Topliss-reactive ketones (excluding diaryl/α,β-unsaturated/α-hetero) is 1. The van der Waals surface area contributed by atoms with E-state index >= 15 is 0 Å². The van der Waals surface area contributed by atoms with Crippen molar-refractivity contribution < 1.29 is 14.3 Å². The van der Waals surface area contributed by atoms with Crippen molar-refractivity contribution in [2.24, 2.45) is 28.6 Å². The molecule has 0 saturated heterocycles. The van der Waals surface area contributed by atoms with Crippen LogP contribution in [0.2, 0.25) is 0 Å². The summed E-state index contributed by atoms with van der Waals surface area (Å²) in [5.74, 6) is 1.99. The van der Waals surface area contributed by atoms with Crippen LogP contribution in [0.3, 0.4) is 0 Å². The van der Waals surface area contributed by atoms with E-state index in [2.05, 4.69) is 13.8 Å². The van der Waals surface area contributed by atoms with Crippen LogP contribution in [0.4, 0.5) is 0 Å². The summed E-state index contributed by atoms with van der Waals surface area (Å²) in [7, 11) is 0. The predicted molar refractivity (Wildman–Crippen MR) is 85.2 cm³/mol. The number of carbonyl (C=O) groups excluding carboxylic acids is 2. The zero-order valence-corrected chi connectivity index (χ0v) is 14.7. The molecule has 3 heteroatoms. The highest BCUT2D eigenvalue weighted by molar-refractivity contribution is 6.01. The van der Waals surface area contributed by atoms with Gasteiger partial charge in [-0.15, -0.1) is 0 Å². The summed E-state index contributed by atoms with van der Waals surface area (Å²) >= 11 is 0.